The fraction of sp³-hybridized carbons (Fsp3) is 0.375. The van der Waals surface area contributed by atoms with Crippen molar-refractivity contribution in [2.24, 2.45) is 26.1 Å². The van der Waals surface area contributed by atoms with Gasteiger partial charge < -0.3 is 0 Å². The number of nitrogens with zero attached hydrogens (tertiary/aromatic N) is 4. The molecule has 0 fully saturated rings. The van der Waals surface area contributed by atoms with Crippen LogP contribution < -0.4 is 0 Å². The van der Waals surface area contributed by atoms with Gasteiger partial charge in [-0.3, -0.25) is 4.79 Å². The first-order chi connectivity index (χ1) is 6.20. The van der Waals surface area contributed by atoms with Crippen molar-refractivity contribution < 1.29 is 4.79 Å². The maximum atomic E-state index is 11.3. The highest BCUT2D eigenvalue weighted by Gasteiger charge is 2.28. The lowest BCUT2D eigenvalue weighted by Crippen LogP contribution is -2.13. The highest BCUT2D eigenvalue weighted by Crippen LogP contribution is 2.26. The number of amides is 1. The van der Waals surface area contributed by atoms with E-state index in [0.717, 1.165) is 0 Å². The van der Waals surface area contributed by atoms with Gasteiger partial charge in [0.25, 0.3) is 5.91 Å². The summed E-state index contributed by atoms with van der Waals surface area (Å²) in [5.41, 5.74) is 1.14. The van der Waals surface area contributed by atoms with Gasteiger partial charge in [-0.25, -0.2) is 4.99 Å². The van der Waals surface area contributed by atoms with Crippen LogP contribution in [0.1, 0.15) is 13.8 Å². The summed E-state index contributed by atoms with van der Waals surface area (Å²) in [6.45, 7) is 3.91. The second-order valence-corrected chi connectivity index (χ2v) is 3.12. The number of amidine groups is 1. The molecule has 2 aliphatic rings. The third-order valence-corrected chi connectivity index (χ3v) is 1.85. The SMILES string of the molecule is CC(C)C1=C2C(=O)N=CN=C2N=N1. The summed E-state index contributed by atoms with van der Waals surface area (Å²) >= 11 is 0. The van der Waals surface area contributed by atoms with Gasteiger partial charge in [-0.1, -0.05) is 13.8 Å². The number of azo groups is 1. The summed E-state index contributed by atoms with van der Waals surface area (Å²) in [5, 5.41) is 7.70. The highest BCUT2D eigenvalue weighted by atomic mass is 16.1. The molecule has 0 aromatic heterocycles. The molecule has 5 heteroatoms. The summed E-state index contributed by atoms with van der Waals surface area (Å²) in [4.78, 5) is 18.8. The van der Waals surface area contributed by atoms with Crippen molar-refractivity contribution >= 4 is 18.1 Å². The molecular weight excluding hydrogens is 168 g/mol. The molecule has 1 amide bonds. The van der Waals surface area contributed by atoms with Gasteiger partial charge in [0.15, 0.2) is 5.84 Å². The Morgan fingerprint density at radius 2 is 2.08 bits per heavy atom. The molecule has 0 unspecified atom stereocenters. The average Bonchev–Trinajstić information content (AvgIpc) is 2.49. The predicted molar refractivity (Wildman–Crippen MR) is 47.7 cm³/mol. The third-order valence-electron chi connectivity index (χ3n) is 1.85. The van der Waals surface area contributed by atoms with Gasteiger partial charge in [0.05, 0.1) is 5.70 Å². The third kappa shape index (κ3) is 1.12. The zero-order chi connectivity index (χ0) is 9.42. The Labute approximate surface area is 75.0 Å². The number of hydrogen-bond acceptors (Lipinski definition) is 4. The standard InChI is InChI=1S/C8H8N4O/c1-4(2)6-5-7(12-11-6)9-3-10-8(5)13/h3-4H,1-2H3. The number of fused-ring (bicyclic) bond motifs is 1. The van der Waals surface area contributed by atoms with Gasteiger partial charge in [0.1, 0.15) is 11.9 Å². The van der Waals surface area contributed by atoms with Crippen molar-refractivity contribution in [2.75, 3.05) is 0 Å². The van der Waals surface area contributed by atoms with E-state index in [1.807, 2.05) is 13.8 Å². The van der Waals surface area contributed by atoms with Crippen molar-refractivity contribution in [2.45, 2.75) is 13.8 Å². The van der Waals surface area contributed by atoms with Crippen LogP contribution in [0.25, 0.3) is 0 Å². The van der Waals surface area contributed by atoms with E-state index in [-0.39, 0.29) is 11.8 Å². The maximum Gasteiger partial charge on any atom is 0.284 e. The largest absolute Gasteiger partial charge is 0.284 e. The zero-order valence-corrected chi connectivity index (χ0v) is 7.35. The minimum Gasteiger partial charge on any atom is -0.266 e. The topological polar surface area (TPSA) is 66.5 Å². The molecule has 2 rings (SSSR count). The van der Waals surface area contributed by atoms with Gasteiger partial charge in [-0.15, -0.1) is 5.11 Å². The van der Waals surface area contributed by atoms with E-state index in [9.17, 15) is 4.79 Å². The highest BCUT2D eigenvalue weighted by molar-refractivity contribution is 6.27. The summed E-state index contributed by atoms with van der Waals surface area (Å²) in [5.74, 6) is 0.270. The van der Waals surface area contributed by atoms with Crippen LogP contribution in [0.3, 0.4) is 0 Å². The lowest BCUT2D eigenvalue weighted by Gasteiger charge is -2.05. The molecular formula is C8H8N4O. The summed E-state index contributed by atoms with van der Waals surface area (Å²) in [6.07, 6.45) is 1.21. The fourth-order valence-electron chi connectivity index (χ4n) is 1.22. The molecule has 0 aromatic carbocycles. The van der Waals surface area contributed by atoms with Gasteiger partial charge in [-0.2, -0.15) is 10.1 Å². The van der Waals surface area contributed by atoms with Crippen molar-refractivity contribution in [3.05, 3.63) is 11.3 Å². The van der Waals surface area contributed by atoms with Gasteiger partial charge in [0, 0.05) is 0 Å². The number of aliphatic imine (C=N–C) groups is 2. The molecule has 0 spiro atoms. The quantitative estimate of drug-likeness (QED) is 0.594. The molecule has 0 aliphatic carbocycles. The predicted octanol–water partition coefficient (Wildman–Crippen LogP) is 1.33. The Kier molecular flexibility index (Phi) is 1.65. The first-order valence-electron chi connectivity index (χ1n) is 4.01. The van der Waals surface area contributed by atoms with E-state index in [1.165, 1.54) is 6.34 Å². The Morgan fingerprint density at radius 1 is 1.31 bits per heavy atom. The minimum atomic E-state index is -0.293. The van der Waals surface area contributed by atoms with Crippen LogP contribution in [0.5, 0.6) is 0 Å². The molecule has 0 aromatic rings. The molecule has 5 nitrogen and oxygen atoms in total. The molecule has 0 atom stereocenters. The molecule has 0 bridgehead atoms. The Morgan fingerprint density at radius 3 is 2.77 bits per heavy atom. The zero-order valence-electron chi connectivity index (χ0n) is 7.35. The number of hydrogen-bond donors (Lipinski definition) is 0. The van der Waals surface area contributed by atoms with Crippen molar-refractivity contribution in [1.82, 2.24) is 0 Å². The Bertz CT molecular complexity index is 387. The van der Waals surface area contributed by atoms with Crippen LogP contribution in [-0.2, 0) is 4.79 Å². The van der Waals surface area contributed by atoms with Gasteiger partial charge >= 0.3 is 0 Å². The molecule has 0 saturated carbocycles. The van der Waals surface area contributed by atoms with E-state index >= 15 is 0 Å². The first-order valence-corrected chi connectivity index (χ1v) is 4.01. The van der Waals surface area contributed by atoms with Crippen molar-refractivity contribution in [1.29, 1.82) is 0 Å². The maximum absolute atomic E-state index is 11.3. The Balaban J connectivity index is 2.54. The van der Waals surface area contributed by atoms with Crippen LogP contribution in [0, 0.1) is 5.92 Å². The van der Waals surface area contributed by atoms with Crippen LogP contribution in [0.4, 0.5) is 0 Å². The number of carbonyl (C=O) groups excluding carboxylic acids is 1. The van der Waals surface area contributed by atoms with Crippen LogP contribution >= 0.6 is 0 Å². The lowest BCUT2D eigenvalue weighted by molar-refractivity contribution is -0.113. The molecule has 2 heterocycles. The van der Waals surface area contributed by atoms with E-state index in [0.29, 0.717) is 17.1 Å². The number of allylic oxidation sites excluding steroid dienone is 1. The summed E-state index contributed by atoms with van der Waals surface area (Å²) in [7, 11) is 0. The normalized spacial score (nSPS) is 19.9. The number of carbonyl (C=O) groups is 1. The van der Waals surface area contributed by atoms with Crippen molar-refractivity contribution in [3.8, 4) is 0 Å². The lowest BCUT2D eigenvalue weighted by atomic mass is 10.0. The van der Waals surface area contributed by atoms with Crippen molar-refractivity contribution in [3.63, 3.8) is 0 Å². The molecule has 0 saturated heterocycles. The molecule has 66 valence electrons. The van der Waals surface area contributed by atoms with E-state index < -0.39 is 0 Å². The Hall–Kier alpha value is -1.65. The van der Waals surface area contributed by atoms with Crippen LogP contribution in [0.15, 0.2) is 31.5 Å². The molecule has 0 radical (unpaired) electrons. The second-order valence-electron chi connectivity index (χ2n) is 3.12. The van der Waals surface area contributed by atoms with Gasteiger partial charge in [-0.05, 0) is 5.92 Å². The van der Waals surface area contributed by atoms with Crippen LogP contribution in [-0.4, -0.2) is 18.1 Å². The molecule has 13 heavy (non-hydrogen) atoms. The smallest absolute Gasteiger partial charge is 0.266 e. The fourth-order valence-corrected chi connectivity index (χ4v) is 1.22. The molecule has 2 aliphatic heterocycles. The summed E-state index contributed by atoms with van der Waals surface area (Å²) < 4.78 is 0. The minimum absolute atomic E-state index is 0.170. The summed E-state index contributed by atoms with van der Waals surface area (Å²) in [6, 6.07) is 0. The molecule has 0 N–H and O–H groups in total. The van der Waals surface area contributed by atoms with Gasteiger partial charge in [0.2, 0.25) is 0 Å². The average molecular weight is 176 g/mol. The first kappa shape index (κ1) is 7.97. The van der Waals surface area contributed by atoms with Crippen LogP contribution in [0.2, 0.25) is 0 Å². The van der Waals surface area contributed by atoms with E-state index in [2.05, 4.69) is 20.2 Å². The van der Waals surface area contributed by atoms with E-state index in [1.54, 1.807) is 0 Å². The second kappa shape index (κ2) is 2.69. The van der Waals surface area contributed by atoms with E-state index in [4.69, 9.17) is 0 Å². The number of rotatable bonds is 1. The monoisotopic (exact) mass is 176 g/mol.